The van der Waals surface area contributed by atoms with Crippen LogP contribution in [0.5, 0.6) is 5.75 Å². The fraction of sp³-hybridized carbons (Fsp3) is 0.214. The average Bonchev–Trinajstić information content (AvgIpc) is 3.37. The molecular weight excluding hydrogens is 473 g/mol. The Bertz CT molecular complexity index is 1560. The maximum atomic E-state index is 15.2. The SMILES string of the molecule is O=C(OCc1ccccc1)N1CC[C@@H](Oc2cccc3ccc(-c4nnc5ccccn45)nc23)[C@@H](F)C1. The average molecular weight is 498 g/mol. The summed E-state index contributed by atoms with van der Waals surface area (Å²) in [4.78, 5) is 18.7. The number of ether oxygens (including phenoxy) is 2. The minimum absolute atomic E-state index is 0.0898. The lowest BCUT2D eigenvalue weighted by Gasteiger charge is -2.34. The van der Waals surface area contributed by atoms with Gasteiger partial charge in [-0.2, -0.15) is 0 Å². The van der Waals surface area contributed by atoms with Gasteiger partial charge >= 0.3 is 6.09 Å². The van der Waals surface area contributed by atoms with Gasteiger partial charge < -0.3 is 14.4 Å². The van der Waals surface area contributed by atoms with E-state index >= 15 is 4.39 Å². The van der Waals surface area contributed by atoms with Crippen LogP contribution < -0.4 is 4.74 Å². The van der Waals surface area contributed by atoms with Crippen molar-refractivity contribution in [3.05, 3.63) is 90.6 Å². The number of aromatic nitrogens is 4. The van der Waals surface area contributed by atoms with Crippen LogP contribution in [-0.2, 0) is 11.3 Å². The van der Waals surface area contributed by atoms with Crippen LogP contribution in [0.4, 0.5) is 9.18 Å². The molecule has 186 valence electrons. The number of piperidine rings is 1. The Balaban J connectivity index is 1.17. The third-order valence-corrected chi connectivity index (χ3v) is 6.45. The minimum atomic E-state index is -1.36. The Labute approximate surface area is 212 Å². The van der Waals surface area contributed by atoms with E-state index < -0.39 is 18.4 Å². The standard InChI is InChI=1S/C28H24FN5O3/c29-21-17-33(28(35)36-18-19-7-2-1-3-8-19)16-14-23(21)37-24-10-6-9-20-12-13-22(30-26(20)24)27-32-31-25-11-4-5-15-34(25)27/h1-13,15,21,23H,14,16-18H2/t21-,23+/m0/s1. The van der Waals surface area contributed by atoms with Crippen LogP contribution in [-0.4, -0.2) is 55.9 Å². The van der Waals surface area contributed by atoms with Crippen molar-refractivity contribution in [2.24, 2.45) is 0 Å². The van der Waals surface area contributed by atoms with Gasteiger partial charge in [0, 0.05) is 24.5 Å². The van der Waals surface area contributed by atoms with Crippen molar-refractivity contribution >= 4 is 22.6 Å². The number of amides is 1. The molecule has 3 aromatic heterocycles. The number of para-hydroxylation sites is 1. The second-order valence-electron chi connectivity index (χ2n) is 8.92. The second-order valence-corrected chi connectivity index (χ2v) is 8.92. The van der Waals surface area contributed by atoms with E-state index in [4.69, 9.17) is 14.5 Å². The van der Waals surface area contributed by atoms with Gasteiger partial charge in [-0.15, -0.1) is 10.2 Å². The zero-order valence-electron chi connectivity index (χ0n) is 19.9. The number of fused-ring (bicyclic) bond motifs is 2. The van der Waals surface area contributed by atoms with Gasteiger partial charge in [-0.05, 0) is 29.8 Å². The summed E-state index contributed by atoms with van der Waals surface area (Å²) >= 11 is 0. The molecule has 1 amide bonds. The lowest BCUT2D eigenvalue weighted by atomic mass is 10.1. The van der Waals surface area contributed by atoms with Crippen molar-refractivity contribution in [2.45, 2.75) is 25.3 Å². The highest BCUT2D eigenvalue weighted by Crippen LogP contribution is 2.30. The smallest absolute Gasteiger partial charge is 0.410 e. The summed E-state index contributed by atoms with van der Waals surface area (Å²) in [5, 5.41) is 9.36. The molecule has 37 heavy (non-hydrogen) atoms. The second kappa shape index (κ2) is 9.85. The number of carbonyl (C=O) groups excluding carboxylic acids is 1. The zero-order chi connectivity index (χ0) is 25.2. The molecule has 9 heteroatoms. The lowest BCUT2D eigenvalue weighted by Crippen LogP contribution is -2.49. The van der Waals surface area contributed by atoms with E-state index in [2.05, 4.69) is 10.2 Å². The molecule has 0 unspecified atom stereocenters. The van der Waals surface area contributed by atoms with Gasteiger partial charge in [0.25, 0.3) is 0 Å². The molecule has 2 atom stereocenters. The Kier molecular flexibility index (Phi) is 6.10. The molecule has 0 bridgehead atoms. The number of benzene rings is 2. The lowest BCUT2D eigenvalue weighted by molar-refractivity contribution is 0.0153. The van der Waals surface area contributed by atoms with Crippen molar-refractivity contribution in [3.8, 4) is 17.3 Å². The van der Waals surface area contributed by atoms with Gasteiger partial charge in [-0.3, -0.25) is 4.40 Å². The first kappa shape index (κ1) is 22.9. The van der Waals surface area contributed by atoms with E-state index in [1.54, 1.807) is 6.07 Å². The molecule has 4 heterocycles. The maximum Gasteiger partial charge on any atom is 0.410 e. The highest BCUT2D eigenvalue weighted by Gasteiger charge is 2.34. The first-order valence-electron chi connectivity index (χ1n) is 12.1. The van der Waals surface area contributed by atoms with Gasteiger partial charge in [-0.25, -0.2) is 14.2 Å². The van der Waals surface area contributed by atoms with Crippen molar-refractivity contribution in [3.63, 3.8) is 0 Å². The Morgan fingerprint density at radius 1 is 0.973 bits per heavy atom. The fourth-order valence-corrected chi connectivity index (χ4v) is 4.51. The number of hydrogen-bond donors (Lipinski definition) is 0. The van der Waals surface area contributed by atoms with Crippen LogP contribution >= 0.6 is 0 Å². The fourth-order valence-electron chi connectivity index (χ4n) is 4.51. The van der Waals surface area contributed by atoms with Gasteiger partial charge in [0.05, 0.1) is 6.54 Å². The normalized spacial score (nSPS) is 17.7. The molecule has 6 rings (SSSR count). The largest absolute Gasteiger partial charge is 0.485 e. The first-order chi connectivity index (χ1) is 18.2. The maximum absolute atomic E-state index is 15.2. The quantitative estimate of drug-likeness (QED) is 0.337. The van der Waals surface area contributed by atoms with E-state index in [0.29, 0.717) is 35.8 Å². The molecule has 1 saturated heterocycles. The van der Waals surface area contributed by atoms with E-state index in [1.807, 2.05) is 83.4 Å². The number of pyridine rings is 2. The van der Waals surface area contributed by atoms with Crippen molar-refractivity contribution in [2.75, 3.05) is 13.1 Å². The zero-order valence-corrected chi connectivity index (χ0v) is 19.9. The highest BCUT2D eigenvalue weighted by molar-refractivity contribution is 5.86. The molecule has 0 spiro atoms. The topological polar surface area (TPSA) is 81.8 Å². The number of nitrogens with zero attached hydrogens (tertiary/aromatic N) is 5. The number of halogens is 1. The molecule has 1 aliphatic heterocycles. The van der Waals surface area contributed by atoms with Crippen LogP contribution in [0.15, 0.2) is 85.1 Å². The van der Waals surface area contributed by atoms with Crippen LogP contribution in [0.2, 0.25) is 0 Å². The Morgan fingerprint density at radius 2 is 1.84 bits per heavy atom. The predicted molar refractivity (Wildman–Crippen MR) is 136 cm³/mol. The van der Waals surface area contributed by atoms with Gasteiger partial charge in [-0.1, -0.05) is 54.6 Å². The molecule has 1 fully saturated rings. The number of rotatable bonds is 5. The number of alkyl halides is 1. The predicted octanol–water partition coefficient (Wildman–Crippen LogP) is 5.07. The summed E-state index contributed by atoms with van der Waals surface area (Å²) in [6, 6.07) is 24.5. The molecule has 2 aromatic carbocycles. The van der Waals surface area contributed by atoms with Gasteiger partial charge in [0.2, 0.25) is 0 Å². The summed E-state index contributed by atoms with van der Waals surface area (Å²) in [6.07, 6.45) is -0.375. The van der Waals surface area contributed by atoms with E-state index in [-0.39, 0.29) is 13.2 Å². The number of hydrogen-bond acceptors (Lipinski definition) is 6. The van der Waals surface area contributed by atoms with E-state index in [9.17, 15) is 4.79 Å². The number of likely N-dealkylation sites (tertiary alicyclic amines) is 1. The van der Waals surface area contributed by atoms with Crippen molar-refractivity contribution in [1.82, 2.24) is 24.5 Å². The monoisotopic (exact) mass is 497 g/mol. The summed E-state index contributed by atoms with van der Waals surface area (Å²) < 4.78 is 28.5. The van der Waals surface area contributed by atoms with Crippen LogP contribution in [0.3, 0.4) is 0 Å². The third kappa shape index (κ3) is 4.67. The summed E-state index contributed by atoms with van der Waals surface area (Å²) in [5.41, 5.74) is 2.85. The summed E-state index contributed by atoms with van der Waals surface area (Å²) in [5.74, 6) is 1.10. The van der Waals surface area contributed by atoms with Crippen LogP contribution in [0.25, 0.3) is 28.1 Å². The molecule has 0 saturated carbocycles. The molecular formula is C28H24FN5O3. The minimum Gasteiger partial charge on any atom is -0.485 e. The third-order valence-electron chi connectivity index (χ3n) is 6.45. The van der Waals surface area contributed by atoms with Gasteiger partial charge in [0.15, 0.2) is 17.6 Å². The molecule has 0 N–H and O–H groups in total. The first-order valence-corrected chi connectivity index (χ1v) is 12.1. The van der Waals surface area contributed by atoms with Crippen LogP contribution in [0.1, 0.15) is 12.0 Å². The Morgan fingerprint density at radius 3 is 2.70 bits per heavy atom. The van der Waals surface area contributed by atoms with Gasteiger partial charge in [0.1, 0.15) is 29.7 Å². The van der Waals surface area contributed by atoms with Crippen molar-refractivity contribution < 1.29 is 18.7 Å². The Hall–Kier alpha value is -4.53. The molecule has 1 aliphatic rings. The van der Waals surface area contributed by atoms with E-state index in [1.165, 1.54) is 4.90 Å². The van der Waals surface area contributed by atoms with Crippen LogP contribution in [0, 0.1) is 0 Å². The highest BCUT2D eigenvalue weighted by atomic mass is 19.1. The summed E-state index contributed by atoms with van der Waals surface area (Å²) in [7, 11) is 0. The van der Waals surface area contributed by atoms with E-state index in [0.717, 1.165) is 16.6 Å². The summed E-state index contributed by atoms with van der Waals surface area (Å²) in [6.45, 7) is 0.403. The van der Waals surface area contributed by atoms with Crippen molar-refractivity contribution in [1.29, 1.82) is 0 Å². The number of carbonyl (C=O) groups is 1. The molecule has 0 radical (unpaired) electrons. The molecule has 8 nitrogen and oxygen atoms in total. The molecule has 5 aromatic rings. The molecule has 0 aliphatic carbocycles.